The van der Waals surface area contributed by atoms with Crippen molar-refractivity contribution in [3.05, 3.63) is 18.0 Å². The van der Waals surface area contributed by atoms with Gasteiger partial charge < -0.3 is 29.6 Å². The van der Waals surface area contributed by atoms with Crippen LogP contribution in [0.5, 0.6) is 11.5 Å². The van der Waals surface area contributed by atoms with Gasteiger partial charge in [0.1, 0.15) is 0 Å². The van der Waals surface area contributed by atoms with Crippen molar-refractivity contribution in [1.82, 2.24) is 9.88 Å². The van der Waals surface area contributed by atoms with Gasteiger partial charge in [-0.3, -0.25) is 4.98 Å². The lowest BCUT2D eigenvalue weighted by Crippen LogP contribution is -2.43. The molecule has 1 aliphatic rings. The molecule has 2 N–H and O–H groups in total. The summed E-state index contributed by atoms with van der Waals surface area (Å²) in [5.41, 5.74) is 6.30. The molecule has 0 aliphatic heterocycles. The molecule has 2 rings (SSSR count). The van der Waals surface area contributed by atoms with Crippen LogP contribution in [0.3, 0.4) is 0 Å². The normalized spacial score (nSPS) is 15.0. The van der Waals surface area contributed by atoms with Gasteiger partial charge in [-0.2, -0.15) is 0 Å². The minimum absolute atomic E-state index is 0.0500. The molecule has 8 heteroatoms. The highest BCUT2D eigenvalue weighted by Gasteiger charge is 2.24. The molecule has 1 atom stereocenters. The van der Waals surface area contributed by atoms with Crippen LogP contribution in [0.1, 0.15) is 31.4 Å². The fraction of sp³-hybridized carbons (Fsp3) is 0.667. The van der Waals surface area contributed by atoms with E-state index in [1.54, 1.807) is 13.3 Å². The molecule has 0 aromatic carbocycles. The van der Waals surface area contributed by atoms with Crippen molar-refractivity contribution in [2.45, 2.75) is 32.0 Å². The first kappa shape index (κ1) is 20.3. The number of ether oxygens (including phenoxy) is 4. The number of rotatable bonds is 11. The Hall–Kier alpha value is -2.06. The van der Waals surface area contributed by atoms with Crippen LogP contribution in [-0.2, 0) is 9.47 Å². The van der Waals surface area contributed by atoms with Crippen molar-refractivity contribution in [3.8, 4) is 11.5 Å². The van der Waals surface area contributed by atoms with E-state index in [1.807, 2.05) is 13.0 Å². The topological polar surface area (TPSA) is 96.1 Å². The van der Waals surface area contributed by atoms with Crippen molar-refractivity contribution >= 4 is 6.03 Å². The summed E-state index contributed by atoms with van der Waals surface area (Å²) in [7, 11) is 4.63. The van der Waals surface area contributed by atoms with E-state index < -0.39 is 12.3 Å². The maximum Gasteiger partial charge on any atom is 0.314 e. The summed E-state index contributed by atoms with van der Waals surface area (Å²) >= 11 is 0. The number of amides is 2. The number of urea groups is 1. The standard InChI is InChI=1S/C18H29N3O5/c1-12(9-21(18(19)22)10-17(24-3)25-4)14-7-15(16(23-2)8-20-14)26-11-13-5-6-13/h7-8,12-13,17H,5-6,9-11H2,1-4H3,(H2,19,22). The minimum Gasteiger partial charge on any atom is -0.491 e. The highest BCUT2D eigenvalue weighted by Crippen LogP contribution is 2.33. The fourth-order valence-electron chi connectivity index (χ4n) is 2.57. The lowest BCUT2D eigenvalue weighted by molar-refractivity contribution is -0.111. The SMILES string of the molecule is COc1cnc(C(C)CN(CC(OC)OC)C(N)=O)cc1OCC1CC1. The van der Waals surface area contributed by atoms with Crippen LogP contribution in [-0.4, -0.2) is 63.2 Å². The van der Waals surface area contributed by atoms with E-state index in [4.69, 9.17) is 24.7 Å². The average Bonchev–Trinajstić information content (AvgIpc) is 3.47. The van der Waals surface area contributed by atoms with Crippen molar-refractivity contribution in [3.63, 3.8) is 0 Å². The Labute approximate surface area is 154 Å². The van der Waals surface area contributed by atoms with Crippen LogP contribution < -0.4 is 15.2 Å². The maximum absolute atomic E-state index is 11.8. The molecule has 8 nitrogen and oxygen atoms in total. The smallest absolute Gasteiger partial charge is 0.314 e. The highest BCUT2D eigenvalue weighted by atomic mass is 16.7. The number of carbonyl (C=O) groups is 1. The molecule has 2 amide bonds. The van der Waals surface area contributed by atoms with E-state index in [1.165, 1.54) is 32.0 Å². The number of methoxy groups -OCH3 is 3. The Bertz CT molecular complexity index is 590. The Kier molecular flexibility index (Phi) is 7.47. The molecule has 1 aromatic heterocycles. The fourth-order valence-corrected chi connectivity index (χ4v) is 2.57. The molecule has 0 bridgehead atoms. The van der Waals surface area contributed by atoms with Crippen LogP contribution in [0, 0.1) is 5.92 Å². The second kappa shape index (κ2) is 9.59. The summed E-state index contributed by atoms with van der Waals surface area (Å²) in [6, 6.07) is 1.34. The van der Waals surface area contributed by atoms with Gasteiger partial charge in [-0.25, -0.2) is 4.79 Å². The van der Waals surface area contributed by atoms with Crippen molar-refractivity contribution in [2.75, 3.05) is 41.0 Å². The molecule has 26 heavy (non-hydrogen) atoms. The monoisotopic (exact) mass is 367 g/mol. The number of aromatic nitrogens is 1. The van der Waals surface area contributed by atoms with E-state index in [9.17, 15) is 4.79 Å². The van der Waals surface area contributed by atoms with Crippen LogP contribution in [0.4, 0.5) is 4.79 Å². The Morgan fingerprint density at radius 3 is 2.50 bits per heavy atom. The molecule has 1 saturated carbocycles. The third kappa shape index (κ3) is 5.74. The average molecular weight is 367 g/mol. The molecular formula is C18H29N3O5. The van der Waals surface area contributed by atoms with Crippen LogP contribution >= 0.6 is 0 Å². The summed E-state index contributed by atoms with van der Waals surface area (Å²) in [4.78, 5) is 17.7. The molecule has 1 fully saturated rings. The number of hydrogen-bond acceptors (Lipinski definition) is 6. The van der Waals surface area contributed by atoms with E-state index in [0.717, 1.165) is 5.69 Å². The number of nitrogens with two attached hydrogens (primary N) is 1. The number of pyridine rings is 1. The van der Waals surface area contributed by atoms with Crippen molar-refractivity contribution in [2.24, 2.45) is 11.7 Å². The molecule has 1 unspecified atom stereocenters. The Morgan fingerprint density at radius 1 is 1.27 bits per heavy atom. The summed E-state index contributed by atoms with van der Waals surface area (Å²) in [5.74, 6) is 1.87. The predicted octanol–water partition coefficient (Wildman–Crippen LogP) is 1.98. The van der Waals surface area contributed by atoms with Crippen LogP contribution in [0.25, 0.3) is 0 Å². The molecular weight excluding hydrogens is 338 g/mol. The van der Waals surface area contributed by atoms with Gasteiger partial charge >= 0.3 is 6.03 Å². The number of nitrogens with zero attached hydrogens (tertiary/aromatic N) is 2. The van der Waals surface area contributed by atoms with Gasteiger partial charge in [-0.15, -0.1) is 0 Å². The summed E-state index contributed by atoms with van der Waals surface area (Å²) < 4.78 is 21.5. The molecule has 0 saturated heterocycles. The second-order valence-electron chi connectivity index (χ2n) is 6.56. The molecule has 1 heterocycles. The van der Waals surface area contributed by atoms with Gasteiger partial charge in [0.05, 0.1) is 26.5 Å². The lowest BCUT2D eigenvalue weighted by atomic mass is 10.1. The van der Waals surface area contributed by atoms with E-state index in [0.29, 0.717) is 30.6 Å². The summed E-state index contributed by atoms with van der Waals surface area (Å²) in [5, 5.41) is 0. The first-order chi connectivity index (χ1) is 12.5. The van der Waals surface area contributed by atoms with Gasteiger partial charge in [0.2, 0.25) is 0 Å². The Morgan fingerprint density at radius 2 is 1.96 bits per heavy atom. The van der Waals surface area contributed by atoms with Gasteiger partial charge in [0.15, 0.2) is 17.8 Å². The zero-order valence-corrected chi connectivity index (χ0v) is 15.9. The van der Waals surface area contributed by atoms with Crippen molar-refractivity contribution < 1.29 is 23.7 Å². The number of hydrogen-bond donors (Lipinski definition) is 1. The zero-order chi connectivity index (χ0) is 19.1. The van der Waals surface area contributed by atoms with Gasteiger partial charge in [-0.05, 0) is 18.8 Å². The molecule has 146 valence electrons. The number of carbonyl (C=O) groups excluding carboxylic acids is 1. The first-order valence-corrected chi connectivity index (χ1v) is 8.75. The first-order valence-electron chi connectivity index (χ1n) is 8.75. The van der Waals surface area contributed by atoms with Gasteiger partial charge in [0.25, 0.3) is 0 Å². The third-order valence-corrected chi connectivity index (χ3v) is 4.45. The highest BCUT2D eigenvalue weighted by molar-refractivity contribution is 5.72. The molecule has 0 radical (unpaired) electrons. The quantitative estimate of drug-likeness (QED) is 0.601. The third-order valence-electron chi connectivity index (χ3n) is 4.45. The molecule has 1 aromatic rings. The maximum atomic E-state index is 11.8. The second-order valence-corrected chi connectivity index (χ2v) is 6.56. The summed E-state index contributed by atoms with van der Waals surface area (Å²) in [6.45, 7) is 3.29. The Balaban J connectivity index is 2.06. The van der Waals surface area contributed by atoms with Crippen LogP contribution in [0.15, 0.2) is 12.3 Å². The van der Waals surface area contributed by atoms with Crippen molar-refractivity contribution in [1.29, 1.82) is 0 Å². The molecule has 1 aliphatic carbocycles. The lowest BCUT2D eigenvalue weighted by Gasteiger charge is -2.27. The van der Waals surface area contributed by atoms with E-state index in [-0.39, 0.29) is 12.5 Å². The predicted molar refractivity (Wildman–Crippen MR) is 96.4 cm³/mol. The summed E-state index contributed by atoms with van der Waals surface area (Å²) in [6.07, 6.45) is 3.54. The molecule has 0 spiro atoms. The largest absolute Gasteiger partial charge is 0.491 e. The van der Waals surface area contributed by atoms with Gasteiger partial charge in [0, 0.05) is 38.4 Å². The zero-order valence-electron chi connectivity index (χ0n) is 15.9. The number of primary amides is 1. The van der Waals surface area contributed by atoms with E-state index in [2.05, 4.69) is 4.98 Å². The van der Waals surface area contributed by atoms with E-state index >= 15 is 0 Å². The van der Waals surface area contributed by atoms with Crippen LogP contribution in [0.2, 0.25) is 0 Å². The minimum atomic E-state index is -0.533. The van der Waals surface area contributed by atoms with Gasteiger partial charge in [-0.1, -0.05) is 6.92 Å².